The quantitative estimate of drug-likeness (QED) is 0.876. The summed E-state index contributed by atoms with van der Waals surface area (Å²) in [6.45, 7) is 2.23. The summed E-state index contributed by atoms with van der Waals surface area (Å²) in [6.07, 6.45) is 4.85. The van der Waals surface area contributed by atoms with Crippen molar-refractivity contribution in [2.75, 3.05) is 11.9 Å². The van der Waals surface area contributed by atoms with Gasteiger partial charge in [-0.15, -0.1) is 0 Å². The molecule has 2 N–H and O–H groups in total. The van der Waals surface area contributed by atoms with E-state index in [2.05, 4.69) is 34.9 Å². The zero-order valence-corrected chi connectivity index (χ0v) is 14.5. The monoisotopic (exact) mass is 333 g/mol. The van der Waals surface area contributed by atoms with Gasteiger partial charge in [0.25, 0.3) is 0 Å². The number of hydrogen-bond acceptors (Lipinski definition) is 3. The van der Waals surface area contributed by atoms with Gasteiger partial charge < -0.3 is 10.6 Å². The first-order chi connectivity index (χ1) is 12.2. The van der Waals surface area contributed by atoms with E-state index in [1.165, 1.54) is 30.4 Å². The molecule has 1 aliphatic rings. The fourth-order valence-corrected chi connectivity index (χ4v) is 3.24. The number of nitrogens with one attached hydrogen (secondary N) is 2. The molecule has 0 unspecified atom stereocenters. The third-order valence-electron chi connectivity index (χ3n) is 4.72. The Morgan fingerprint density at radius 2 is 1.84 bits per heavy atom. The standard InChI is InChI=1S/C21H23N3O/c1-15(18-9-8-17-4-2-3-5-19(17)12-18)24-21(25)14-23-20-10-6-16(13-22)7-11-20/h6-12,15,23H,2-5,14H2,1H3,(H,24,25)/t15-/m1/s1. The zero-order chi connectivity index (χ0) is 17.6. The van der Waals surface area contributed by atoms with Crippen LogP contribution in [0.4, 0.5) is 5.69 Å². The molecule has 1 atom stereocenters. The van der Waals surface area contributed by atoms with Crippen molar-refractivity contribution in [3.05, 3.63) is 64.7 Å². The summed E-state index contributed by atoms with van der Waals surface area (Å²) in [4.78, 5) is 12.2. The van der Waals surface area contributed by atoms with Crippen LogP contribution in [-0.2, 0) is 17.6 Å². The van der Waals surface area contributed by atoms with Crippen molar-refractivity contribution in [3.8, 4) is 6.07 Å². The van der Waals surface area contributed by atoms with Crippen molar-refractivity contribution in [2.24, 2.45) is 0 Å². The number of aryl methyl sites for hydroxylation is 2. The highest BCUT2D eigenvalue weighted by molar-refractivity contribution is 5.81. The molecule has 0 heterocycles. The van der Waals surface area contributed by atoms with Gasteiger partial charge in [-0.3, -0.25) is 4.79 Å². The predicted octanol–water partition coefficient (Wildman–Crippen LogP) is 3.73. The topological polar surface area (TPSA) is 64.9 Å². The minimum Gasteiger partial charge on any atom is -0.376 e. The minimum absolute atomic E-state index is 0.0116. The van der Waals surface area contributed by atoms with E-state index in [0.29, 0.717) is 5.56 Å². The van der Waals surface area contributed by atoms with Crippen molar-refractivity contribution >= 4 is 11.6 Å². The van der Waals surface area contributed by atoms with Gasteiger partial charge >= 0.3 is 0 Å². The van der Waals surface area contributed by atoms with Gasteiger partial charge in [0.1, 0.15) is 0 Å². The van der Waals surface area contributed by atoms with Crippen LogP contribution in [0.1, 0.15) is 48.1 Å². The van der Waals surface area contributed by atoms with E-state index in [9.17, 15) is 4.79 Å². The Kier molecular flexibility index (Phi) is 5.35. The van der Waals surface area contributed by atoms with Gasteiger partial charge in [-0.25, -0.2) is 0 Å². The van der Waals surface area contributed by atoms with Gasteiger partial charge in [-0.05, 0) is 73.6 Å². The van der Waals surface area contributed by atoms with Crippen LogP contribution < -0.4 is 10.6 Å². The molecule has 0 fully saturated rings. The van der Waals surface area contributed by atoms with Crippen LogP contribution in [0, 0.1) is 11.3 Å². The molecule has 0 spiro atoms. The van der Waals surface area contributed by atoms with Crippen LogP contribution in [0.5, 0.6) is 0 Å². The summed E-state index contributed by atoms with van der Waals surface area (Å²) in [5.74, 6) is -0.0467. The molecular formula is C21H23N3O. The van der Waals surface area contributed by atoms with E-state index in [1.807, 2.05) is 6.92 Å². The molecule has 25 heavy (non-hydrogen) atoms. The third kappa shape index (κ3) is 4.39. The molecule has 1 aliphatic carbocycles. The first-order valence-electron chi connectivity index (χ1n) is 8.81. The molecule has 0 radical (unpaired) electrons. The van der Waals surface area contributed by atoms with Crippen LogP contribution in [0.3, 0.4) is 0 Å². The fraction of sp³-hybridized carbons (Fsp3) is 0.333. The number of hydrogen-bond donors (Lipinski definition) is 2. The highest BCUT2D eigenvalue weighted by atomic mass is 16.1. The molecule has 4 heteroatoms. The largest absolute Gasteiger partial charge is 0.376 e. The van der Waals surface area contributed by atoms with Crippen molar-refractivity contribution in [3.63, 3.8) is 0 Å². The second-order valence-corrected chi connectivity index (χ2v) is 6.57. The van der Waals surface area contributed by atoms with Crippen LogP contribution in [0.15, 0.2) is 42.5 Å². The Labute approximate surface area is 148 Å². The summed E-state index contributed by atoms with van der Waals surface area (Å²) in [5, 5.41) is 14.9. The molecule has 0 aliphatic heterocycles. The molecule has 2 aromatic carbocycles. The maximum atomic E-state index is 12.2. The summed E-state index contributed by atoms with van der Waals surface area (Å²) in [5.41, 5.74) is 5.48. The number of nitriles is 1. The van der Waals surface area contributed by atoms with E-state index in [0.717, 1.165) is 17.7 Å². The number of amides is 1. The first kappa shape index (κ1) is 17.0. The lowest BCUT2D eigenvalue weighted by Gasteiger charge is -2.20. The number of benzene rings is 2. The number of rotatable bonds is 5. The van der Waals surface area contributed by atoms with E-state index in [4.69, 9.17) is 5.26 Å². The van der Waals surface area contributed by atoms with E-state index in [-0.39, 0.29) is 18.5 Å². The second-order valence-electron chi connectivity index (χ2n) is 6.57. The number of fused-ring (bicyclic) bond motifs is 1. The van der Waals surface area contributed by atoms with Crippen LogP contribution in [-0.4, -0.2) is 12.5 Å². The molecule has 0 saturated carbocycles. The van der Waals surface area contributed by atoms with Gasteiger partial charge in [0, 0.05) is 5.69 Å². The Morgan fingerprint density at radius 3 is 2.56 bits per heavy atom. The maximum Gasteiger partial charge on any atom is 0.239 e. The van der Waals surface area contributed by atoms with Gasteiger partial charge in [-0.2, -0.15) is 5.26 Å². The lowest BCUT2D eigenvalue weighted by Crippen LogP contribution is -2.32. The van der Waals surface area contributed by atoms with Crippen molar-refractivity contribution in [1.82, 2.24) is 5.32 Å². The average Bonchev–Trinajstić information content (AvgIpc) is 2.66. The summed E-state index contributed by atoms with van der Waals surface area (Å²) < 4.78 is 0. The van der Waals surface area contributed by atoms with Crippen molar-refractivity contribution in [1.29, 1.82) is 5.26 Å². The van der Waals surface area contributed by atoms with Gasteiger partial charge in [-0.1, -0.05) is 18.2 Å². The van der Waals surface area contributed by atoms with Gasteiger partial charge in [0.05, 0.1) is 24.2 Å². The highest BCUT2D eigenvalue weighted by Gasteiger charge is 2.14. The Hall–Kier alpha value is -2.80. The van der Waals surface area contributed by atoms with Crippen molar-refractivity contribution < 1.29 is 4.79 Å². The fourth-order valence-electron chi connectivity index (χ4n) is 3.24. The number of nitrogens with zero attached hydrogens (tertiary/aromatic N) is 1. The predicted molar refractivity (Wildman–Crippen MR) is 99.3 cm³/mol. The molecule has 0 saturated heterocycles. The summed E-state index contributed by atoms with van der Waals surface area (Å²) in [7, 11) is 0. The zero-order valence-electron chi connectivity index (χ0n) is 14.5. The smallest absolute Gasteiger partial charge is 0.239 e. The molecule has 0 bridgehead atoms. The number of carbonyl (C=O) groups is 1. The van der Waals surface area contributed by atoms with Gasteiger partial charge in [0.15, 0.2) is 0 Å². The number of carbonyl (C=O) groups excluding carboxylic acids is 1. The SMILES string of the molecule is C[C@@H](NC(=O)CNc1ccc(C#N)cc1)c1ccc2c(c1)CCCC2. The average molecular weight is 333 g/mol. The lowest BCUT2D eigenvalue weighted by atomic mass is 9.89. The van der Waals surface area contributed by atoms with Crippen LogP contribution in [0.25, 0.3) is 0 Å². The number of anilines is 1. The molecule has 1 amide bonds. The third-order valence-corrected chi connectivity index (χ3v) is 4.72. The Morgan fingerprint density at radius 1 is 1.12 bits per heavy atom. The Bertz CT molecular complexity index is 790. The lowest BCUT2D eigenvalue weighted by molar-refractivity contribution is -0.120. The van der Waals surface area contributed by atoms with E-state index >= 15 is 0 Å². The minimum atomic E-state index is -0.0467. The van der Waals surface area contributed by atoms with Crippen LogP contribution >= 0.6 is 0 Å². The molecule has 128 valence electrons. The van der Waals surface area contributed by atoms with Crippen LogP contribution in [0.2, 0.25) is 0 Å². The molecule has 0 aromatic heterocycles. The van der Waals surface area contributed by atoms with E-state index in [1.54, 1.807) is 24.3 Å². The molecule has 4 nitrogen and oxygen atoms in total. The maximum absolute atomic E-state index is 12.2. The summed E-state index contributed by atoms with van der Waals surface area (Å²) in [6, 6.07) is 15.7. The van der Waals surface area contributed by atoms with E-state index < -0.39 is 0 Å². The molecule has 2 aromatic rings. The Balaban J connectivity index is 1.54. The first-order valence-corrected chi connectivity index (χ1v) is 8.81. The normalized spacial score (nSPS) is 14.1. The van der Waals surface area contributed by atoms with Gasteiger partial charge in [0.2, 0.25) is 5.91 Å². The molecular weight excluding hydrogens is 310 g/mol. The highest BCUT2D eigenvalue weighted by Crippen LogP contribution is 2.24. The second kappa shape index (κ2) is 7.85. The summed E-state index contributed by atoms with van der Waals surface area (Å²) >= 11 is 0. The molecule has 3 rings (SSSR count). The van der Waals surface area contributed by atoms with Crippen molar-refractivity contribution in [2.45, 2.75) is 38.6 Å².